The number of hydrogen-bond acceptors (Lipinski definition) is 3. The quantitative estimate of drug-likeness (QED) is 0.861. The van der Waals surface area contributed by atoms with E-state index < -0.39 is 11.7 Å². The molecule has 2 rings (SSSR count). The van der Waals surface area contributed by atoms with E-state index in [-0.39, 0.29) is 5.82 Å². The number of rotatable bonds is 2. The van der Waals surface area contributed by atoms with Crippen LogP contribution in [0.3, 0.4) is 0 Å². The Balaban J connectivity index is 2.44. The van der Waals surface area contributed by atoms with Crippen molar-refractivity contribution >= 4 is 0 Å². The van der Waals surface area contributed by atoms with Crippen LogP contribution in [0, 0.1) is 5.82 Å². The highest BCUT2D eigenvalue weighted by molar-refractivity contribution is 5.39. The molecule has 1 saturated heterocycles. The summed E-state index contributed by atoms with van der Waals surface area (Å²) in [6.45, 7) is 2.21. The van der Waals surface area contributed by atoms with E-state index >= 15 is 0 Å². The molecular weight excluding hydrogens is 223 g/mol. The van der Waals surface area contributed by atoms with E-state index in [4.69, 9.17) is 9.47 Å². The largest absolute Gasteiger partial charge is 0.496 e. The highest BCUT2D eigenvalue weighted by Gasteiger charge is 2.38. The summed E-state index contributed by atoms with van der Waals surface area (Å²) in [5.41, 5.74) is -0.435. The van der Waals surface area contributed by atoms with Gasteiger partial charge in [0.05, 0.1) is 31.0 Å². The minimum Gasteiger partial charge on any atom is -0.496 e. The number of benzene rings is 1. The lowest BCUT2D eigenvalue weighted by Gasteiger charge is -2.37. The lowest BCUT2D eigenvalue weighted by Crippen LogP contribution is -2.38. The summed E-state index contributed by atoms with van der Waals surface area (Å²) in [5, 5.41) is 9.72. The fourth-order valence-electron chi connectivity index (χ4n) is 2.39. The molecule has 2 unspecified atom stereocenters. The van der Waals surface area contributed by atoms with E-state index in [1.54, 1.807) is 19.1 Å². The fourth-order valence-corrected chi connectivity index (χ4v) is 2.39. The van der Waals surface area contributed by atoms with Crippen LogP contribution in [0.5, 0.6) is 5.75 Å². The number of aliphatic hydroxyl groups is 1. The second kappa shape index (κ2) is 4.63. The van der Waals surface area contributed by atoms with Gasteiger partial charge >= 0.3 is 0 Å². The zero-order chi connectivity index (χ0) is 12.5. The highest BCUT2D eigenvalue weighted by atomic mass is 19.1. The lowest BCUT2D eigenvalue weighted by atomic mass is 9.86. The van der Waals surface area contributed by atoms with Gasteiger partial charge in [0, 0.05) is 6.42 Å². The maximum atomic E-state index is 14.0. The molecule has 0 aromatic heterocycles. The monoisotopic (exact) mass is 240 g/mol. The van der Waals surface area contributed by atoms with Gasteiger partial charge in [-0.05, 0) is 25.5 Å². The zero-order valence-corrected chi connectivity index (χ0v) is 10.1. The molecule has 0 saturated carbocycles. The predicted molar refractivity (Wildman–Crippen MR) is 61.5 cm³/mol. The summed E-state index contributed by atoms with van der Waals surface area (Å²) in [6, 6.07) is 4.68. The van der Waals surface area contributed by atoms with Gasteiger partial charge in [0.15, 0.2) is 0 Å². The van der Waals surface area contributed by atoms with Gasteiger partial charge in [-0.1, -0.05) is 6.07 Å². The first kappa shape index (κ1) is 12.3. The predicted octanol–water partition coefficient (Wildman–Crippen LogP) is 2.22. The van der Waals surface area contributed by atoms with Gasteiger partial charge in [-0.15, -0.1) is 0 Å². The van der Waals surface area contributed by atoms with Gasteiger partial charge in [0.2, 0.25) is 0 Å². The number of halogens is 1. The third-order valence-electron chi connectivity index (χ3n) is 3.22. The summed E-state index contributed by atoms with van der Waals surface area (Å²) in [4.78, 5) is 0. The zero-order valence-electron chi connectivity index (χ0n) is 10.1. The third-order valence-corrected chi connectivity index (χ3v) is 3.22. The van der Waals surface area contributed by atoms with Crippen LogP contribution in [0.1, 0.15) is 25.3 Å². The van der Waals surface area contributed by atoms with Gasteiger partial charge in [0.25, 0.3) is 0 Å². The van der Waals surface area contributed by atoms with Crippen molar-refractivity contribution in [2.75, 3.05) is 13.7 Å². The Kier molecular flexibility index (Phi) is 3.35. The molecule has 1 aliphatic rings. The molecule has 0 radical (unpaired) electrons. The van der Waals surface area contributed by atoms with Crippen LogP contribution in [0.15, 0.2) is 18.2 Å². The second-order valence-electron chi connectivity index (χ2n) is 4.54. The first-order valence-electron chi connectivity index (χ1n) is 5.72. The molecule has 1 aliphatic heterocycles. The number of methoxy groups -OCH3 is 1. The van der Waals surface area contributed by atoms with E-state index in [0.717, 1.165) is 0 Å². The Morgan fingerprint density at radius 3 is 2.94 bits per heavy atom. The minimum absolute atomic E-state index is 0.360. The van der Waals surface area contributed by atoms with Crippen molar-refractivity contribution in [3.05, 3.63) is 29.6 Å². The minimum atomic E-state index is -0.825. The van der Waals surface area contributed by atoms with Crippen molar-refractivity contribution in [1.29, 1.82) is 0 Å². The lowest BCUT2D eigenvalue weighted by molar-refractivity contribution is -0.115. The SMILES string of the molecule is COc1cccc(F)c1C1(C)CC(O)CCO1. The molecule has 17 heavy (non-hydrogen) atoms. The smallest absolute Gasteiger partial charge is 0.133 e. The van der Waals surface area contributed by atoms with Crippen LogP contribution in [-0.2, 0) is 10.3 Å². The Hall–Kier alpha value is -1.13. The Labute approximate surface area is 100 Å². The molecule has 1 N–H and O–H groups in total. The molecule has 94 valence electrons. The standard InChI is InChI=1S/C13H17FO3/c1-13(8-9(15)6-7-17-13)12-10(14)4-3-5-11(12)16-2/h3-5,9,15H,6-8H2,1-2H3. The molecule has 0 amide bonds. The Bertz CT molecular complexity index is 408. The fraction of sp³-hybridized carbons (Fsp3) is 0.538. The molecule has 0 aliphatic carbocycles. The van der Waals surface area contributed by atoms with Gasteiger partial charge in [-0.3, -0.25) is 0 Å². The van der Waals surface area contributed by atoms with Gasteiger partial charge in [-0.25, -0.2) is 4.39 Å². The van der Waals surface area contributed by atoms with Crippen molar-refractivity contribution in [1.82, 2.24) is 0 Å². The molecule has 3 nitrogen and oxygen atoms in total. The van der Waals surface area contributed by atoms with Gasteiger partial charge in [-0.2, -0.15) is 0 Å². The molecule has 2 atom stereocenters. The molecule has 1 heterocycles. The molecule has 1 aromatic carbocycles. The maximum absolute atomic E-state index is 14.0. The molecule has 0 spiro atoms. The maximum Gasteiger partial charge on any atom is 0.133 e. The topological polar surface area (TPSA) is 38.7 Å². The molecular formula is C13H17FO3. The van der Waals surface area contributed by atoms with Crippen molar-refractivity contribution < 1.29 is 19.0 Å². The average Bonchev–Trinajstić information content (AvgIpc) is 2.27. The van der Waals surface area contributed by atoms with E-state index in [9.17, 15) is 9.50 Å². The number of ether oxygens (including phenoxy) is 2. The first-order valence-corrected chi connectivity index (χ1v) is 5.72. The third kappa shape index (κ3) is 2.28. The van der Waals surface area contributed by atoms with Gasteiger partial charge < -0.3 is 14.6 Å². The van der Waals surface area contributed by atoms with E-state index in [1.165, 1.54) is 13.2 Å². The summed E-state index contributed by atoms with van der Waals surface area (Å²) in [7, 11) is 1.50. The number of hydrogen-bond donors (Lipinski definition) is 1. The highest BCUT2D eigenvalue weighted by Crippen LogP contribution is 2.40. The Morgan fingerprint density at radius 1 is 1.53 bits per heavy atom. The summed E-state index contributed by atoms with van der Waals surface area (Å²) in [5.74, 6) is 0.0996. The summed E-state index contributed by atoms with van der Waals surface area (Å²) >= 11 is 0. The van der Waals surface area contributed by atoms with Crippen molar-refractivity contribution in [3.63, 3.8) is 0 Å². The van der Waals surface area contributed by atoms with Gasteiger partial charge in [0.1, 0.15) is 11.6 Å². The summed E-state index contributed by atoms with van der Waals surface area (Å²) in [6.07, 6.45) is 0.509. The van der Waals surface area contributed by atoms with Crippen molar-refractivity contribution in [3.8, 4) is 5.75 Å². The molecule has 0 bridgehead atoms. The van der Waals surface area contributed by atoms with Crippen LogP contribution < -0.4 is 4.74 Å². The molecule has 1 fully saturated rings. The molecule has 1 aromatic rings. The van der Waals surface area contributed by atoms with Crippen LogP contribution in [0.4, 0.5) is 4.39 Å². The number of aliphatic hydroxyl groups excluding tert-OH is 1. The summed E-state index contributed by atoms with van der Waals surface area (Å²) < 4.78 is 24.8. The first-order chi connectivity index (χ1) is 8.07. The molecule has 4 heteroatoms. The normalized spacial score (nSPS) is 29.1. The van der Waals surface area contributed by atoms with Crippen molar-refractivity contribution in [2.24, 2.45) is 0 Å². The van der Waals surface area contributed by atoms with Crippen LogP contribution in [0.25, 0.3) is 0 Å². The van der Waals surface area contributed by atoms with E-state index in [2.05, 4.69) is 0 Å². The Morgan fingerprint density at radius 2 is 2.29 bits per heavy atom. The van der Waals surface area contributed by atoms with Crippen molar-refractivity contribution in [2.45, 2.75) is 31.5 Å². The van der Waals surface area contributed by atoms with E-state index in [0.29, 0.717) is 30.8 Å². The van der Waals surface area contributed by atoms with Crippen LogP contribution in [0.2, 0.25) is 0 Å². The second-order valence-corrected chi connectivity index (χ2v) is 4.54. The average molecular weight is 240 g/mol. The van der Waals surface area contributed by atoms with E-state index in [1.807, 2.05) is 0 Å². The van der Waals surface area contributed by atoms with Crippen LogP contribution >= 0.6 is 0 Å². The van der Waals surface area contributed by atoms with Crippen LogP contribution in [-0.4, -0.2) is 24.9 Å².